The first-order valence-corrected chi connectivity index (χ1v) is 30.8. The van der Waals surface area contributed by atoms with Crippen LogP contribution in [0.25, 0.3) is 0 Å². The number of allylic oxidation sites excluding steroid dienone is 5. The highest BCUT2D eigenvalue weighted by molar-refractivity contribution is 5.76. The maximum Gasteiger partial charge on any atom is 0.305 e. The number of carbonyl (C=O) groups is 2. The molecule has 2 atom stereocenters. The second-order valence-electron chi connectivity index (χ2n) is 21.0. The molecular weight excluding hydrogens is 851 g/mol. The zero-order valence-electron chi connectivity index (χ0n) is 46.3. The van der Waals surface area contributed by atoms with Crippen LogP contribution < -0.4 is 5.32 Å². The van der Waals surface area contributed by atoms with Gasteiger partial charge in [-0.1, -0.05) is 269 Å². The lowest BCUT2D eigenvalue weighted by atomic mass is 10.0. The van der Waals surface area contributed by atoms with Crippen LogP contribution in [-0.2, 0) is 14.3 Å². The summed E-state index contributed by atoms with van der Waals surface area (Å²) in [6.45, 7) is 4.90. The Morgan fingerprint density at radius 3 is 1.03 bits per heavy atom. The monoisotopic (exact) mass is 970 g/mol. The van der Waals surface area contributed by atoms with Crippen molar-refractivity contribution in [1.29, 1.82) is 0 Å². The van der Waals surface area contributed by atoms with E-state index < -0.39 is 12.1 Å². The molecule has 0 spiro atoms. The number of carbonyl (C=O) groups excluding carboxylic acids is 2. The molecular formula is C63H119NO5. The highest BCUT2D eigenvalue weighted by Gasteiger charge is 2.18. The molecule has 406 valence electrons. The Labute approximate surface area is 430 Å². The minimum absolute atomic E-state index is 0.00296. The topological polar surface area (TPSA) is 95.9 Å². The Morgan fingerprint density at radius 2 is 0.681 bits per heavy atom. The fraction of sp³-hybridized carbons (Fsp3) is 0.873. The van der Waals surface area contributed by atoms with Crippen molar-refractivity contribution in [3.63, 3.8) is 0 Å². The zero-order chi connectivity index (χ0) is 50.0. The number of unbranched alkanes of at least 4 members (excludes halogenated alkanes) is 42. The van der Waals surface area contributed by atoms with E-state index in [2.05, 4.69) is 43.5 Å². The van der Waals surface area contributed by atoms with Crippen LogP contribution in [0.5, 0.6) is 0 Å². The molecule has 0 aliphatic heterocycles. The molecule has 0 aliphatic rings. The molecule has 0 rings (SSSR count). The van der Waals surface area contributed by atoms with Crippen molar-refractivity contribution in [1.82, 2.24) is 5.32 Å². The number of esters is 1. The second-order valence-corrected chi connectivity index (χ2v) is 21.0. The van der Waals surface area contributed by atoms with Crippen molar-refractivity contribution in [2.24, 2.45) is 0 Å². The largest absolute Gasteiger partial charge is 0.466 e. The molecule has 1 amide bonds. The average Bonchev–Trinajstić information content (AvgIpc) is 3.35. The maximum absolute atomic E-state index is 12.4. The van der Waals surface area contributed by atoms with Crippen LogP contribution in [0.3, 0.4) is 0 Å². The number of amides is 1. The van der Waals surface area contributed by atoms with Gasteiger partial charge in [0.05, 0.1) is 25.4 Å². The van der Waals surface area contributed by atoms with E-state index in [1.165, 1.54) is 250 Å². The van der Waals surface area contributed by atoms with Gasteiger partial charge in [-0.15, -0.1) is 0 Å². The molecule has 0 aromatic carbocycles. The van der Waals surface area contributed by atoms with Crippen LogP contribution in [0.15, 0.2) is 36.5 Å². The van der Waals surface area contributed by atoms with E-state index >= 15 is 0 Å². The summed E-state index contributed by atoms with van der Waals surface area (Å²) in [5.41, 5.74) is 0. The van der Waals surface area contributed by atoms with Crippen LogP contribution >= 0.6 is 0 Å². The van der Waals surface area contributed by atoms with Crippen molar-refractivity contribution in [3.05, 3.63) is 36.5 Å². The summed E-state index contributed by atoms with van der Waals surface area (Å²) in [6.07, 6.45) is 73.2. The third-order valence-corrected chi connectivity index (χ3v) is 14.1. The van der Waals surface area contributed by atoms with E-state index in [0.717, 1.165) is 51.4 Å². The standard InChI is InChI=1S/C63H119NO5/c1-3-5-7-9-11-13-15-17-28-33-37-41-45-49-53-57-63(68)69-58-54-50-46-42-38-34-30-27-25-23-21-19-20-22-24-26-29-32-36-40-44-48-52-56-62(67)64-60(59-65)61(66)55-51-47-43-39-35-31-18-16-14-12-10-8-6-4-2/h17,22,24,28,51,55,60-61,65-66H,3-16,18-21,23,25-27,29-50,52-54,56-59H2,1-2H3,(H,64,67)/b24-22-,28-17-,55-51+. The summed E-state index contributed by atoms with van der Waals surface area (Å²) < 4.78 is 5.48. The van der Waals surface area contributed by atoms with Crippen LogP contribution in [0.2, 0.25) is 0 Å². The van der Waals surface area contributed by atoms with Gasteiger partial charge in [0.25, 0.3) is 0 Å². The first-order chi connectivity index (χ1) is 34.0. The van der Waals surface area contributed by atoms with Gasteiger partial charge in [0.1, 0.15) is 0 Å². The molecule has 0 radical (unpaired) electrons. The Kier molecular flexibility index (Phi) is 57.0. The van der Waals surface area contributed by atoms with Gasteiger partial charge in [-0.3, -0.25) is 9.59 Å². The fourth-order valence-electron chi connectivity index (χ4n) is 9.39. The van der Waals surface area contributed by atoms with E-state index in [-0.39, 0.29) is 18.5 Å². The van der Waals surface area contributed by atoms with Crippen molar-refractivity contribution in [3.8, 4) is 0 Å². The number of hydrogen-bond donors (Lipinski definition) is 3. The molecule has 3 N–H and O–H groups in total. The average molecular weight is 971 g/mol. The lowest BCUT2D eigenvalue weighted by molar-refractivity contribution is -0.143. The third kappa shape index (κ3) is 55.2. The van der Waals surface area contributed by atoms with Crippen molar-refractivity contribution >= 4 is 11.9 Å². The van der Waals surface area contributed by atoms with Crippen molar-refractivity contribution in [2.45, 2.75) is 341 Å². The maximum atomic E-state index is 12.4. The lowest BCUT2D eigenvalue weighted by Crippen LogP contribution is -2.45. The molecule has 0 bridgehead atoms. The Balaban J connectivity index is 3.43. The molecule has 0 aliphatic carbocycles. The van der Waals surface area contributed by atoms with E-state index in [0.29, 0.717) is 19.4 Å². The number of rotatable bonds is 57. The van der Waals surface area contributed by atoms with Crippen LogP contribution in [0, 0.1) is 0 Å². The van der Waals surface area contributed by atoms with Gasteiger partial charge < -0.3 is 20.3 Å². The van der Waals surface area contributed by atoms with Gasteiger partial charge >= 0.3 is 5.97 Å². The molecule has 0 saturated heterocycles. The first-order valence-electron chi connectivity index (χ1n) is 30.8. The van der Waals surface area contributed by atoms with Gasteiger partial charge in [0, 0.05) is 12.8 Å². The number of hydrogen-bond acceptors (Lipinski definition) is 5. The Morgan fingerprint density at radius 1 is 0.391 bits per heavy atom. The SMILES string of the molecule is CCCCCCCC/C=C\CCCCCCCC(=O)OCCCCCCCCCCCCCC/C=C\CCCCCCCCCC(=O)NC(CO)C(O)/C=C/CCCCCCCCCCCCCC. The molecule has 2 unspecified atom stereocenters. The lowest BCUT2D eigenvalue weighted by Gasteiger charge is -2.20. The fourth-order valence-corrected chi connectivity index (χ4v) is 9.39. The van der Waals surface area contributed by atoms with Crippen molar-refractivity contribution < 1.29 is 24.5 Å². The predicted octanol–water partition coefficient (Wildman–Crippen LogP) is 19.2. The quantitative estimate of drug-likeness (QED) is 0.0321. The smallest absolute Gasteiger partial charge is 0.305 e. The van der Waals surface area contributed by atoms with Crippen LogP contribution in [0.4, 0.5) is 0 Å². The van der Waals surface area contributed by atoms with E-state index in [1.54, 1.807) is 6.08 Å². The minimum Gasteiger partial charge on any atom is -0.466 e. The van der Waals surface area contributed by atoms with E-state index in [9.17, 15) is 19.8 Å². The van der Waals surface area contributed by atoms with Gasteiger partial charge in [0.15, 0.2) is 0 Å². The number of ether oxygens (including phenoxy) is 1. The Hall–Kier alpha value is -1.92. The van der Waals surface area contributed by atoms with Gasteiger partial charge in [-0.2, -0.15) is 0 Å². The summed E-state index contributed by atoms with van der Waals surface area (Å²) >= 11 is 0. The molecule has 0 saturated carbocycles. The summed E-state index contributed by atoms with van der Waals surface area (Å²) in [6, 6.07) is -0.632. The number of nitrogens with one attached hydrogen (secondary N) is 1. The van der Waals surface area contributed by atoms with E-state index in [4.69, 9.17) is 4.74 Å². The van der Waals surface area contributed by atoms with E-state index in [1.807, 2.05) is 6.08 Å². The van der Waals surface area contributed by atoms with Crippen LogP contribution in [-0.4, -0.2) is 47.4 Å². The molecule has 6 nitrogen and oxygen atoms in total. The second kappa shape index (κ2) is 58.6. The predicted molar refractivity (Wildman–Crippen MR) is 301 cm³/mol. The molecule has 0 heterocycles. The normalized spacial score (nSPS) is 12.8. The number of aliphatic hydroxyl groups is 2. The summed E-state index contributed by atoms with van der Waals surface area (Å²) in [5, 5.41) is 23.1. The summed E-state index contributed by atoms with van der Waals surface area (Å²) in [4.78, 5) is 24.5. The molecule has 0 aromatic rings. The third-order valence-electron chi connectivity index (χ3n) is 14.1. The first kappa shape index (κ1) is 67.1. The highest BCUT2D eigenvalue weighted by atomic mass is 16.5. The van der Waals surface area contributed by atoms with Crippen LogP contribution in [0.1, 0.15) is 328 Å². The van der Waals surface area contributed by atoms with Crippen molar-refractivity contribution in [2.75, 3.05) is 13.2 Å². The van der Waals surface area contributed by atoms with Gasteiger partial charge in [-0.05, 0) is 83.5 Å². The highest BCUT2D eigenvalue weighted by Crippen LogP contribution is 2.16. The summed E-state index contributed by atoms with van der Waals surface area (Å²) in [7, 11) is 0. The molecule has 69 heavy (non-hydrogen) atoms. The van der Waals surface area contributed by atoms with Gasteiger partial charge in [-0.25, -0.2) is 0 Å². The molecule has 0 aromatic heterocycles. The van der Waals surface area contributed by atoms with Gasteiger partial charge in [0.2, 0.25) is 5.91 Å². The zero-order valence-corrected chi connectivity index (χ0v) is 46.3. The minimum atomic E-state index is -0.848. The summed E-state index contributed by atoms with van der Waals surface area (Å²) in [5.74, 6) is -0.0709. The molecule has 0 fully saturated rings. The molecule has 6 heteroatoms. The number of aliphatic hydroxyl groups excluding tert-OH is 2. The Bertz CT molecular complexity index is 1120.